The van der Waals surface area contributed by atoms with Gasteiger partial charge in [0, 0.05) is 23.1 Å². The topological polar surface area (TPSA) is 12.9 Å². The van der Waals surface area contributed by atoms with Crippen molar-refractivity contribution in [3.63, 3.8) is 0 Å². The van der Waals surface area contributed by atoms with Gasteiger partial charge in [0.2, 0.25) is 0 Å². The number of nitrogens with zero attached hydrogens (tertiary/aromatic N) is 1. The molecule has 0 saturated heterocycles. The summed E-state index contributed by atoms with van der Waals surface area (Å²) in [6, 6.07) is 1.97. The minimum absolute atomic E-state index is 0.583. The first kappa shape index (κ1) is 11.5. The highest BCUT2D eigenvalue weighted by molar-refractivity contribution is 9.09. The lowest BCUT2D eigenvalue weighted by Gasteiger charge is -2.10. The molecule has 1 heterocycles. The molecule has 0 fully saturated rings. The predicted molar refractivity (Wildman–Crippen MR) is 64.0 cm³/mol. The maximum atomic E-state index is 5.99. The van der Waals surface area contributed by atoms with Crippen molar-refractivity contribution in [1.82, 2.24) is 4.98 Å². The van der Waals surface area contributed by atoms with Crippen molar-refractivity contribution in [3.05, 3.63) is 29.0 Å². The Bertz CT molecular complexity index is 264. The fraction of sp³-hybridized carbons (Fsp3) is 0.444. The van der Waals surface area contributed by atoms with Crippen LogP contribution >= 0.6 is 43.5 Å². The Morgan fingerprint density at radius 1 is 1.38 bits per heavy atom. The van der Waals surface area contributed by atoms with Gasteiger partial charge in [0.25, 0.3) is 0 Å². The fourth-order valence-electron chi connectivity index (χ4n) is 1.03. The molecular weight excluding hydrogens is 317 g/mol. The molecule has 1 nitrogen and oxygen atoms in total. The van der Waals surface area contributed by atoms with Crippen molar-refractivity contribution in [3.8, 4) is 0 Å². The van der Waals surface area contributed by atoms with Crippen LogP contribution in [-0.4, -0.2) is 15.6 Å². The number of alkyl halides is 2. The molecule has 0 unspecified atom stereocenters. The molecule has 0 N–H and O–H groups in total. The fourth-order valence-corrected chi connectivity index (χ4v) is 2.76. The van der Waals surface area contributed by atoms with Crippen LogP contribution in [0.3, 0.4) is 0 Å². The smallest absolute Gasteiger partial charge is 0.0621 e. The van der Waals surface area contributed by atoms with Crippen molar-refractivity contribution in [2.45, 2.75) is 6.42 Å². The first-order valence-electron chi connectivity index (χ1n) is 3.98. The molecular formula is C9H10Br2ClN. The zero-order valence-corrected chi connectivity index (χ0v) is 10.9. The third kappa shape index (κ3) is 3.56. The maximum Gasteiger partial charge on any atom is 0.0621 e. The van der Waals surface area contributed by atoms with Crippen molar-refractivity contribution >= 4 is 43.5 Å². The van der Waals surface area contributed by atoms with Gasteiger partial charge in [0.1, 0.15) is 0 Å². The molecule has 4 heteroatoms. The number of halogens is 3. The molecule has 0 spiro atoms. The summed E-state index contributed by atoms with van der Waals surface area (Å²) in [5, 5.41) is 2.72. The third-order valence-corrected chi connectivity index (χ3v) is 3.97. The first-order valence-corrected chi connectivity index (χ1v) is 6.60. The Balaban J connectivity index is 2.67. The van der Waals surface area contributed by atoms with Crippen LogP contribution in [-0.2, 0) is 6.42 Å². The number of hydrogen-bond acceptors (Lipinski definition) is 1. The minimum atomic E-state index is 0.583. The van der Waals surface area contributed by atoms with Crippen LogP contribution in [0.15, 0.2) is 18.5 Å². The molecule has 0 aliphatic carbocycles. The Hall–Kier alpha value is 0.400. The first-order chi connectivity index (χ1) is 6.27. The van der Waals surface area contributed by atoms with Crippen LogP contribution in [0.4, 0.5) is 0 Å². The standard InChI is InChI=1S/C9H10Br2ClN/c10-4-7(5-11)3-8-1-2-13-6-9(8)12/h1-2,6-7H,3-5H2. The van der Waals surface area contributed by atoms with Gasteiger partial charge in [-0.25, -0.2) is 0 Å². The summed E-state index contributed by atoms with van der Waals surface area (Å²) in [5.41, 5.74) is 1.17. The van der Waals surface area contributed by atoms with Gasteiger partial charge < -0.3 is 0 Å². The van der Waals surface area contributed by atoms with Gasteiger partial charge >= 0.3 is 0 Å². The van der Waals surface area contributed by atoms with Gasteiger partial charge in [-0.05, 0) is 24.0 Å². The van der Waals surface area contributed by atoms with Gasteiger partial charge in [-0.2, -0.15) is 0 Å². The van der Waals surface area contributed by atoms with Crippen LogP contribution in [0.2, 0.25) is 5.02 Å². The number of hydrogen-bond donors (Lipinski definition) is 0. The van der Waals surface area contributed by atoms with Crippen LogP contribution in [0, 0.1) is 5.92 Å². The lowest BCUT2D eigenvalue weighted by atomic mass is 10.0. The van der Waals surface area contributed by atoms with E-state index in [2.05, 4.69) is 36.8 Å². The molecule has 0 aromatic carbocycles. The molecule has 1 aromatic rings. The Labute approximate surface area is 100 Å². The SMILES string of the molecule is Clc1cnccc1CC(CBr)CBr. The highest BCUT2D eigenvalue weighted by Crippen LogP contribution is 2.19. The van der Waals surface area contributed by atoms with E-state index in [1.54, 1.807) is 12.4 Å². The number of pyridine rings is 1. The Morgan fingerprint density at radius 3 is 2.62 bits per heavy atom. The van der Waals surface area contributed by atoms with E-state index in [4.69, 9.17) is 11.6 Å². The van der Waals surface area contributed by atoms with E-state index >= 15 is 0 Å². The quantitative estimate of drug-likeness (QED) is 0.769. The summed E-state index contributed by atoms with van der Waals surface area (Å²) in [7, 11) is 0. The molecule has 1 rings (SSSR count). The molecule has 0 radical (unpaired) electrons. The number of aromatic nitrogens is 1. The zero-order chi connectivity index (χ0) is 9.68. The predicted octanol–water partition coefficient (Wildman–Crippen LogP) is 3.68. The van der Waals surface area contributed by atoms with Gasteiger partial charge in [-0.15, -0.1) is 0 Å². The maximum absolute atomic E-state index is 5.99. The normalized spacial score (nSPS) is 10.8. The lowest BCUT2D eigenvalue weighted by molar-refractivity contribution is 0.679. The second-order valence-corrected chi connectivity index (χ2v) is 4.55. The molecule has 0 aliphatic rings. The average Bonchev–Trinajstić information content (AvgIpc) is 2.17. The Kier molecular flexibility index (Phi) is 5.29. The second kappa shape index (κ2) is 5.99. The highest BCUT2D eigenvalue weighted by Gasteiger charge is 2.08. The van der Waals surface area contributed by atoms with Crippen molar-refractivity contribution in [2.75, 3.05) is 10.7 Å². The zero-order valence-electron chi connectivity index (χ0n) is 7.01. The van der Waals surface area contributed by atoms with Crippen LogP contribution < -0.4 is 0 Å². The largest absolute Gasteiger partial charge is 0.263 e. The third-order valence-electron chi connectivity index (χ3n) is 1.80. The number of rotatable bonds is 4. The van der Waals surface area contributed by atoms with E-state index in [0.29, 0.717) is 5.92 Å². The molecule has 0 amide bonds. The van der Waals surface area contributed by atoms with E-state index in [1.165, 1.54) is 5.56 Å². The summed E-state index contributed by atoms with van der Waals surface area (Å²) >= 11 is 12.9. The highest BCUT2D eigenvalue weighted by atomic mass is 79.9. The summed E-state index contributed by atoms with van der Waals surface area (Å²) < 4.78 is 0. The molecule has 0 aliphatic heterocycles. The van der Waals surface area contributed by atoms with Crippen LogP contribution in [0.1, 0.15) is 5.56 Å². The van der Waals surface area contributed by atoms with Crippen LogP contribution in [0.5, 0.6) is 0 Å². The van der Waals surface area contributed by atoms with E-state index in [0.717, 1.165) is 22.1 Å². The monoisotopic (exact) mass is 325 g/mol. The lowest BCUT2D eigenvalue weighted by Crippen LogP contribution is -2.07. The van der Waals surface area contributed by atoms with Crippen molar-refractivity contribution in [1.29, 1.82) is 0 Å². The summed E-state index contributed by atoms with van der Waals surface area (Å²) in [4.78, 5) is 3.95. The summed E-state index contributed by atoms with van der Waals surface area (Å²) in [6.07, 6.45) is 4.45. The summed E-state index contributed by atoms with van der Waals surface area (Å²) in [5.74, 6) is 0.583. The van der Waals surface area contributed by atoms with E-state index < -0.39 is 0 Å². The van der Waals surface area contributed by atoms with E-state index in [9.17, 15) is 0 Å². The van der Waals surface area contributed by atoms with E-state index in [-0.39, 0.29) is 0 Å². The molecule has 0 bridgehead atoms. The van der Waals surface area contributed by atoms with E-state index in [1.807, 2.05) is 6.07 Å². The van der Waals surface area contributed by atoms with Gasteiger partial charge in [-0.3, -0.25) is 4.98 Å². The second-order valence-electron chi connectivity index (χ2n) is 2.85. The summed E-state index contributed by atoms with van der Waals surface area (Å²) in [6.45, 7) is 0. The van der Waals surface area contributed by atoms with Crippen molar-refractivity contribution < 1.29 is 0 Å². The molecule has 72 valence electrons. The molecule has 1 aromatic heterocycles. The molecule has 0 saturated carbocycles. The van der Waals surface area contributed by atoms with Gasteiger partial charge in [-0.1, -0.05) is 43.5 Å². The molecule has 0 atom stereocenters. The van der Waals surface area contributed by atoms with Crippen LogP contribution in [0.25, 0.3) is 0 Å². The van der Waals surface area contributed by atoms with Gasteiger partial charge in [0.15, 0.2) is 0 Å². The van der Waals surface area contributed by atoms with Gasteiger partial charge in [0.05, 0.1) is 5.02 Å². The average molecular weight is 327 g/mol. The van der Waals surface area contributed by atoms with Crippen molar-refractivity contribution in [2.24, 2.45) is 5.92 Å². The Morgan fingerprint density at radius 2 is 2.08 bits per heavy atom. The molecule has 13 heavy (non-hydrogen) atoms. The minimum Gasteiger partial charge on any atom is -0.263 e.